The van der Waals surface area contributed by atoms with Crippen LogP contribution in [0.15, 0.2) is 22.7 Å². The number of hydrogen-bond donors (Lipinski definition) is 0. The molecule has 2 aliphatic rings. The van der Waals surface area contributed by atoms with Gasteiger partial charge >= 0.3 is 0 Å². The van der Waals surface area contributed by atoms with Crippen LogP contribution in [-0.4, -0.2) is 28.1 Å². The number of aromatic nitrogens is 2. The number of fused-ring (bicyclic) bond motifs is 1. The smallest absolute Gasteiger partial charge is 0.241 e. The molecule has 0 saturated heterocycles. The van der Waals surface area contributed by atoms with E-state index in [1.165, 1.54) is 49.7 Å². The molecule has 0 N–H and O–H groups in total. The van der Waals surface area contributed by atoms with E-state index in [0.29, 0.717) is 6.04 Å². The van der Waals surface area contributed by atoms with Gasteiger partial charge in [-0.25, -0.2) is 0 Å². The molecule has 0 aliphatic heterocycles. The first-order valence-electron chi connectivity index (χ1n) is 7.94. The number of rotatable bonds is 4. The summed E-state index contributed by atoms with van der Waals surface area (Å²) in [6.07, 6.45) is 7.59. The Balaban J connectivity index is 1.51. The number of benzene rings is 1. The van der Waals surface area contributed by atoms with Gasteiger partial charge in [0, 0.05) is 11.6 Å². The number of aryl methyl sites for hydroxylation is 2. The monoisotopic (exact) mass is 283 g/mol. The fraction of sp³-hybridized carbons (Fsp3) is 0.529. The third-order valence-corrected chi connectivity index (χ3v) is 4.91. The normalized spacial score (nSPS) is 18.0. The van der Waals surface area contributed by atoms with Crippen LogP contribution in [0.25, 0.3) is 11.4 Å². The fourth-order valence-electron chi connectivity index (χ4n) is 3.32. The molecular weight excluding hydrogens is 262 g/mol. The van der Waals surface area contributed by atoms with E-state index in [0.717, 1.165) is 23.8 Å². The zero-order valence-corrected chi connectivity index (χ0v) is 12.5. The van der Waals surface area contributed by atoms with Crippen molar-refractivity contribution in [3.63, 3.8) is 0 Å². The molecule has 2 aliphatic carbocycles. The Hall–Kier alpha value is -1.68. The lowest BCUT2D eigenvalue weighted by Gasteiger charge is -2.33. The van der Waals surface area contributed by atoms with E-state index in [9.17, 15) is 0 Å². The molecule has 4 heteroatoms. The van der Waals surface area contributed by atoms with Crippen LogP contribution < -0.4 is 0 Å². The topological polar surface area (TPSA) is 42.2 Å². The van der Waals surface area contributed by atoms with Crippen LogP contribution in [0.2, 0.25) is 0 Å². The second kappa shape index (κ2) is 5.26. The highest BCUT2D eigenvalue weighted by atomic mass is 16.5. The average molecular weight is 283 g/mol. The van der Waals surface area contributed by atoms with Crippen molar-refractivity contribution in [3.05, 3.63) is 35.2 Å². The van der Waals surface area contributed by atoms with Gasteiger partial charge in [0.2, 0.25) is 11.7 Å². The van der Waals surface area contributed by atoms with Crippen LogP contribution in [0, 0.1) is 0 Å². The molecule has 0 unspecified atom stereocenters. The predicted molar refractivity (Wildman–Crippen MR) is 80.9 cm³/mol. The number of hydrogen-bond acceptors (Lipinski definition) is 4. The summed E-state index contributed by atoms with van der Waals surface area (Å²) in [4.78, 5) is 6.89. The van der Waals surface area contributed by atoms with E-state index in [2.05, 4.69) is 40.3 Å². The highest BCUT2D eigenvalue weighted by molar-refractivity contribution is 5.57. The van der Waals surface area contributed by atoms with Crippen LogP contribution in [0.4, 0.5) is 0 Å². The fourth-order valence-corrected chi connectivity index (χ4v) is 3.32. The second-order valence-electron chi connectivity index (χ2n) is 6.35. The zero-order valence-electron chi connectivity index (χ0n) is 12.5. The van der Waals surface area contributed by atoms with Crippen molar-refractivity contribution in [3.8, 4) is 11.4 Å². The van der Waals surface area contributed by atoms with Crippen molar-refractivity contribution >= 4 is 0 Å². The van der Waals surface area contributed by atoms with Crippen molar-refractivity contribution in [2.75, 3.05) is 7.05 Å². The SMILES string of the molecule is CN(Cc1nc(-c2ccc3c(c2)CCC3)no1)C1CCC1. The first-order chi connectivity index (χ1) is 10.3. The first kappa shape index (κ1) is 13.0. The summed E-state index contributed by atoms with van der Waals surface area (Å²) >= 11 is 0. The van der Waals surface area contributed by atoms with Crippen LogP contribution in [0.3, 0.4) is 0 Å². The van der Waals surface area contributed by atoms with Crippen molar-refractivity contribution in [1.29, 1.82) is 0 Å². The zero-order chi connectivity index (χ0) is 14.2. The van der Waals surface area contributed by atoms with Crippen LogP contribution in [0.5, 0.6) is 0 Å². The Labute approximate surface area is 125 Å². The number of nitrogens with zero attached hydrogens (tertiary/aromatic N) is 3. The van der Waals surface area contributed by atoms with Gasteiger partial charge < -0.3 is 4.52 Å². The van der Waals surface area contributed by atoms with Crippen LogP contribution in [-0.2, 0) is 19.4 Å². The van der Waals surface area contributed by atoms with Crippen LogP contribution in [0.1, 0.15) is 42.7 Å². The Morgan fingerprint density at radius 3 is 2.86 bits per heavy atom. The second-order valence-corrected chi connectivity index (χ2v) is 6.35. The molecule has 0 spiro atoms. The summed E-state index contributed by atoms with van der Waals surface area (Å²) in [6, 6.07) is 7.26. The highest BCUT2D eigenvalue weighted by Gasteiger charge is 2.23. The predicted octanol–water partition coefficient (Wildman–Crippen LogP) is 3.21. The van der Waals surface area contributed by atoms with Gasteiger partial charge in [-0.15, -0.1) is 0 Å². The van der Waals surface area contributed by atoms with Crippen molar-refractivity contribution in [2.24, 2.45) is 0 Å². The summed E-state index contributed by atoms with van der Waals surface area (Å²) in [6.45, 7) is 0.753. The maximum absolute atomic E-state index is 5.43. The maximum Gasteiger partial charge on any atom is 0.241 e. The van der Waals surface area contributed by atoms with Crippen molar-refractivity contribution in [1.82, 2.24) is 15.0 Å². The molecule has 110 valence electrons. The van der Waals surface area contributed by atoms with Gasteiger partial charge in [-0.3, -0.25) is 4.90 Å². The van der Waals surface area contributed by atoms with E-state index in [1.807, 2.05) is 0 Å². The van der Waals surface area contributed by atoms with Gasteiger partial charge in [0.15, 0.2) is 0 Å². The van der Waals surface area contributed by atoms with E-state index >= 15 is 0 Å². The van der Waals surface area contributed by atoms with E-state index in [1.54, 1.807) is 0 Å². The lowest BCUT2D eigenvalue weighted by Crippen LogP contribution is -2.36. The molecule has 0 atom stereocenters. The van der Waals surface area contributed by atoms with E-state index < -0.39 is 0 Å². The van der Waals surface area contributed by atoms with Gasteiger partial charge in [-0.2, -0.15) is 4.98 Å². The Morgan fingerprint density at radius 1 is 1.19 bits per heavy atom. The largest absolute Gasteiger partial charge is 0.338 e. The minimum Gasteiger partial charge on any atom is -0.338 e. The molecule has 4 nitrogen and oxygen atoms in total. The van der Waals surface area contributed by atoms with Gasteiger partial charge in [0.1, 0.15) is 0 Å². The third kappa shape index (κ3) is 2.48. The van der Waals surface area contributed by atoms with Crippen molar-refractivity contribution in [2.45, 2.75) is 51.1 Å². The lowest BCUT2D eigenvalue weighted by molar-refractivity contribution is 0.137. The van der Waals surface area contributed by atoms with Gasteiger partial charge in [-0.05, 0) is 56.3 Å². The Morgan fingerprint density at radius 2 is 2.05 bits per heavy atom. The molecule has 21 heavy (non-hydrogen) atoms. The van der Waals surface area contributed by atoms with Gasteiger partial charge in [0.25, 0.3) is 0 Å². The summed E-state index contributed by atoms with van der Waals surface area (Å²) < 4.78 is 5.43. The maximum atomic E-state index is 5.43. The minimum absolute atomic E-state index is 0.695. The van der Waals surface area contributed by atoms with Crippen molar-refractivity contribution < 1.29 is 4.52 Å². The Kier molecular flexibility index (Phi) is 3.26. The summed E-state index contributed by atoms with van der Waals surface area (Å²) in [5, 5.41) is 4.16. The molecule has 4 rings (SSSR count). The van der Waals surface area contributed by atoms with Gasteiger partial charge in [-0.1, -0.05) is 23.7 Å². The lowest BCUT2D eigenvalue weighted by atomic mass is 9.92. The highest BCUT2D eigenvalue weighted by Crippen LogP contribution is 2.27. The van der Waals surface area contributed by atoms with Crippen LogP contribution >= 0.6 is 0 Å². The minimum atomic E-state index is 0.695. The van der Waals surface area contributed by atoms with E-state index in [-0.39, 0.29) is 0 Å². The molecule has 1 heterocycles. The average Bonchev–Trinajstić information content (AvgIpc) is 3.03. The molecule has 0 amide bonds. The van der Waals surface area contributed by atoms with E-state index in [4.69, 9.17) is 4.52 Å². The molecule has 1 aromatic carbocycles. The molecule has 1 fully saturated rings. The quantitative estimate of drug-likeness (QED) is 0.864. The molecule has 2 aromatic rings. The molecular formula is C17H21N3O. The molecule has 0 bridgehead atoms. The molecule has 1 saturated carbocycles. The summed E-state index contributed by atoms with van der Waals surface area (Å²) in [7, 11) is 2.14. The standard InChI is InChI=1S/C17H21N3O/c1-20(15-6-3-7-15)11-16-18-17(19-21-16)14-9-8-12-4-2-5-13(12)10-14/h8-10,15H,2-7,11H2,1H3. The molecule has 1 aromatic heterocycles. The first-order valence-corrected chi connectivity index (χ1v) is 7.94. The third-order valence-electron chi connectivity index (χ3n) is 4.91. The Bertz CT molecular complexity index is 645. The summed E-state index contributed by atoms with van der Waals surface area (Å²) in [5.74, 6) is 1.45. The summed E-state index contributed by atoms with van der Waals surface area (Å²) in [5.41, 5.74) is 4.01. The van der Waals surface area contributed by atoms with Gasteiger partial charge in [0.05, 0.1) is 6.54 Å². The molecule has 0 radical (unpaired) electrons.